The fourth-order valence-electron chi connectivity index (χ4n) is 2.08. The van der Waals surface area contributed by atoms with Crippen molar-refractivity contribution in [2.45, 2.75) is 24.8 Å². The van der Waals surface area contributed by atoms with Crippen molar-refractivity contribution in [3.05, 3.63) is 58.1 Å². The van der Waals surface area contributed by atoms with Crippen LogP contribution < -0.4 is 0 Å². The van der Waals surface area contributed by atoms with Gasteiger partial charge in [0.25, 0.3) is 0 Å². The van der Waals surface area contributed by atoms with Gasteiger partial charge in [0.1, 0.15) is 0 Å². The third-order valence-corrected chi connectivity index (χ3v) is 4.69. The Labute approximate surface area is 127 Å². The molecule has 2 aromatic carbocycles. The SMILES string of the molecule is Cc1cc2nc(SCc3ccccc3Cl)[nH]c2cc1C. The molecule has 102 valence electrons. The number of aromatic amines is 1. The summed E-state index contributed by atoms with van der Waals surface area (Å²) >= 11 is 7.84. The van der Waals surface area contributed by atoms with Gasteiger partial charge in [-0.3, -0.25) is 0 Å². The maximum Gasteiger partial charge on any atom is 0.166 e. The zero-order chi connectivity index (χ0) is 14.1. The van der Waals surface area contributed by atoms with Gasteiger partial charge >= 0.3 is 0 Å². The van der Waals surface area contributed by atoms with Crippen molar-refractivity contribution in [3.63, 3.8) is 0 Å². The van der Waals surface area contributed by atoms with Crippen molar-refractivity contribution in [1.29, 1.82) is 0 Å². The highest BCUT2D eigenvalue weighted by atomic mass is 35.5. The standard InChI is InChI=1S/C16H15ClN2S/c1-10-7-14-15(8-11(10)2)19-16(18-14)20-9-12-5-3-4-6-13(12)17/h3-8H,9H2,1-2H3,(H,18,19). The monoisotopic (exact) mass is 302 g/mol. The number of aryl methyl sites for hydroxylation is 2. The summed E-state index contributed by atoms with van der Waals surface area (Å²) < 4.78 is 0. The lowest BCUT2D eigenvalue weighted by atomic mass is 10.1. The Hall–Kier alpha value is -1.45. The molecule has 0 saturated heterocycles. The lowest BCUT2D eigenvalue weighted by molar-refractivity contribution is 1.08. The molecule has 0 saturated carbocycles. The molecule has 4 heteroatoms. The lowest BCUT2D eigenvalue weighted by Crippen LogP contribution is -1.82. The van der Waals surface area contributed by atoms with Crippen LogP contribution in [0.3, 0.4) is 0 Å². The van der Waals surface area contributed by atoms with E-state index in [2.05, 4.69) is 35.9 Å². The van der Waals surface area contributed by atoms with Crippen molar-refractivity contribution < 1.29 is 0 Å². The number of hydrogen-bond donors (Lipinski definition) is 1. The number of H-pyrrole nitrogens is 1. The topological polar surface area (TPSA) is 28.7 Å². The summed E-state index contributed by atoms with van der Waals surface area (Å²) in [6.07, 6.45) is 0. The summed E-state index contributed by atoms with van der Waals surface area (Å²) in [6.45, 7) is 4.23. The average Bonchev–Trinajstić information content (AvgIpc) is 2.80. The second kappa shape index (κ2) is 5.51. The summed E-state index contributed by atoms with van der Waals surface area (Å²) in [5.74, 6) is 0.817. The summed E-state index contributed by atoms with van der Waals surface area (Å²) in [5, 5.41) is 1.74. The number of thioether (sulfide) groups is 1. The van der Waals surface area contributed by atoms with Gasteiger partial charge in [0.05, 0.1) is 11.0 Å². The normalized spacial score (nSPS) is 11.2. The van der Waals surface area contributed by atoms with Gasteiger partial charge < -0.3 is 4.98 Å². The van der Waals surface area contributed by atoms with Crippen LogP contribution in [0.1, 0.15) is 16.7 Å². The van der Waals surface area contributed by atoms with Crippen LogP contribution in [-0.4, -0.2) is 9.97 Å². The third-order valence-electron chi connectivity index (χ3n) is 3.40. The predicted molar refractivity (Wildman–Crippen MR) is 86.6 cm³/mol. The molecular weight excluding hydrogens is 288 g/mol. The molecule has 1 heterocycles. The van der Waals surface area contributed by atoms with Crippen LogP contribution in [0.4, 0.5) is 0 Å². The fourth-order valence-corrected chi connectivity index (χ4v) is 3.25. The first kappa shape index (κ1) is 13.5. The fraction of sp³-hybridized carbons (Fsp3) is 0.188. The number of nitrogens with zero attached hydrogens (tertiary/aromatic N) is 1. The van der Waals surface area contributed by atoms with Gasteiger partial charge in [0, 0.05) is 10.8 Å². The van der Waals surface area contributed by atoms with E-state index in [9.17, 15) is 0 Å². The van der Waals surface area contributed by atoms with Gasteiger partial charge in [-0.25, -0.2) is 4.98 Å². The zero-order valence-electron chi connectivity index (χ0n) is 11.4. The van der Waals surface area contributed by atoms with Crippen molar-refractivity contribution in [2.75, 3.05) is 0 Å². The summed E-state index contributed by atoms with van der Waals surface area (Å²) in [5.41, 5.74) is 5.80. The molecule has 20 heavy (non-hydrogen) atoms. The maximum atomic E-state index is 6.17. The van der Waals surface area contributed by atoms with Crippen molar-refractivity contribution in [2.24, 2.45) is 0 Å². The van der Waals surface area contributed by atoms with Gasteiger partial charge in [0.2, 0.25) is 0 Å². The zero-order valence-corrected chi connectivity index (χ0v) is 13.0. The van der Waals surface area contributed by atoms with Crippen LogP contribution in [0.5, 0.6) is 0 Å². The van der Waals surface area contributed by atoms with Gasteiger partial charge in [0.15, 0.2) is 5.16 Å². The lowest BCUT2D eigenvalue weighted by Gasteiger charge is -2.01. The Kier molecular flexibility index (Phi) is 3.72. The van der Waals surface area contributed by atoms with E-state index in [1.54, 1.807) is 11.8 Å². The highest BCUT2D eigenvalue weighted by Gasteiger charge is 2.07. The molecule has 3 rings (SSSR count). The van der Waals surface area contributed by atoms with E-state index in [1.807, 2.05) is 24.3 Å². The van der Waals surface area contributed by atoms with Gasteiger partial charge in [-0.05, 0) is 48.7 Å². The van der Waals surface area contributed by atoms with E-state index in [-0.39, 0.29) is 0 Å². The first-order chi connectivity index (χ1) is 9.63. The van der Waals surface area contributed by atoms with Crippen LogP contribution in [0.15, 0.2) is 41.6 Å². The highest BCUT2D eigenvalue weighted by molar-refractivity contribution is 7.98. The second-order valence-electron chi connectivity index (χ2n) is 4.88. The Morgan fingerprint density at radius 1 is 1.15 bits per heavy atom. The third kappa shape index (κ3) is 2.69. The molecule has 0 spiro atoms. The first-order valence-electron chi connectivity index (χ1n) is 6.46. The first-order valence-corrected chi connectivity index (χ1v) is 7.83. The molecule has 0 fully saturated rings. The molecule has 3 aromatic rings. The smallest absolute Gasteiger partial charge is 0.166 e. The minimum Gasteiger partial charge on any atom is -0.333 e. The van der Waals surface area contributed by atoms with Crippen molar-refractivity contribution in [1.82, 2.24) is 9.97 Å². The number of aromatic nitrogens is 2. The molecule has 0 bridgehead atoms. The summed E-state index contributed by atoms with van der Waals surface area (Å²) in [7, 11) is 0. The second-order valence-corrected chi connectivity index (χ2v) is 6.25. The number of nitrogens with one attached hydrogen (secondary N) is 1. The molecule has 2 nitrogen and oxygen atoms in total. The molecule has 0 atom stereocenters. The molecule has 0 unspecified atom stereocenters. The minimum absolute atomic E-state index is 0.808. The predicted octanol–water partition coefficient (Wildman–Crippen LogP) is 5.13. The molecule has 0 aliphatic heterocycles. The quantitative estimate of drug-likeness (QED) is 0.680. The molecular formula is C16H15ClN2S. The largest absolute Gasteiger partial charge is 0.333 e. The molecule has 0 aliphatic rings. The summed E-state index contributed by atoms with van der Waals surface area (Å²) in [4.78, 5) is 7.99. The molecule has 0 aliphatic carbocycles. The number of halogens is 1. The molecule has 0 radical (unpaired) electrons. The number of rotatable bonds is 3. The molecule has 1 aromatic heterocycles. The van der Waals surface area contributed by atoms with Gasteiger partial charge in [-0.15, -0.1) is 0 Å². The maximum absolute atomic E-state index is 6.17. The van der Waals surface area contributed by atoms with E-state index in [0.717, 1.165) is 32.5 Å². The Bertz CT molecular complexity index is 725. The van der Waals surface area contributed by atoms with Gasteiger partial charge in [-0.2, -0.15) is 0 Å². The van der Waals surface area contributed by atoms with E-state index in [4.69, 9.17) is 11.6 Å². The van der Waals surface area contributed by atoms with Crippen LogP contribution >= 0.6 is 23.4 Å². The Morgan fingerprint density at radius 3 is 2.70 bits per heavy atom. The van der Waals surface area contributed by atoms with Crippen molar-refractivity contribution in [3.8, 4) is 0 Å². The van der Waals surface area contributed by atoms with E-state index in [1.165, 1.54) is 11.1 Å². The molecule has 1 N–H and O–H groups in total. The van der Waals surface area contributed by atoms with Gasteiger partial charge in [-0.1, -0.05) is 41.6 Å². The minimum atomic E-state index is 0.808. The number of fused-ring (bicyclic) bond motifs is 1. The van der Waals surface area contributed by atoms with Crippen LogP contribution in [-0.2, 0) is 5.75 Å². The number of hydrogen-bond acceptors (Lipinski definition) is 2. The Balaban J connectivity index is 1.83. The highest BCUT2D eigenvalue weighted by Crippen LogP contribution is 2.27. The molecule has 0 amide bonds. The Morgan fingerprint density at radius 2 is 1.90 bits per heavy atom. The van der Waals surface area contributed by atoms with Crippen LogP contribution in [0, 0.1) is 13.8 Å². The van der Waals surface area contributed by atoms with E-state index >= 15 is 0 Å². The van der Waals surface area contributed by atoms with Crippen LogP contribution in [0.2, 0.25) is 5.02 Å². The number of imidazole rings is 1. The van der Waals surface area contributed by atoms with E-state index < -0.39 is 0 Å². The summed E-state index contributed by atoms with van der Waals surface area (Å²) in [6, 6.07) is 12.2. The number of benzene rings is 2. The van der Waals surface area contributed by atoms with E-state index in [0.29, 0.717) is 0 Å². The van der Waals surface area contributed by atoms with Crippen LogP contribution in [0.25, 0.3) is 11.0 Å². The van der Waals surface area contributed by atoms with Crippen molar-refractivity contribution >= 4 is 34.4 Å². The average molecular weight is 303 g/mol.